The molecule has 1 fully saturated rings. The smallest absolute Gasteiger partial charge is 0.240 e. The van der Waals surface area contributed by atoms with E-state index in [1.807, 2.05) is 30.3 Å². The quantitative estimate of drug-likeness (QED) is 0.592. The molecule has 1 saturated heterocycles. The van der Waals surface area contributed by atoms with Gasteiger partial charge in [-0.3, -0.25) is 19.8 Å². The van der Waals surface area contributed by atoms with Gasteiger partial charge in [-0.1, -0.05) is 30.3 Å². The molecule has 1 aromatic rings. The summed E-state index contributed by atoms with van der Waals surface area (Å²) in [5.41, 5.74) is 7.02. The molecule has 0 aromatic heterocycles. The van der Waals surface area contributed by atoms with E-state index in [2.05, 4.69) is 5.32 Å². The summed E-state index contributed by atoms with van der Waals surface area (Å²) >= 11 is 0. The summed E-state index contributed by atoms with van der Waals surface area (Å²) in [4.78, 5) is 24.1. The summed E-state index contributed by atoms with van der Waals surface area (Å²) < 4.78 is 0. The topological polar surface area (TPSA) is 95.7 Å². The van der Waals surface area contributed by atoms with Crippen LogP contribution in [0.4, 0.5) is 0 Å². The van der Waals surface area contributed by atoms with Crippen molar-refractivity contribution in [1.82, 2.24) is 10.2 Å². The fourth-order valence-corrected chi connectivity index (χ4v) is 2.25. The van der Waals surface area contributed by atoms with Crippen LogP contribution in [0.3, 0.4) is 0 Å². The van der Waals surface area contributed by atoms with Gasteiger partial charge in [0.15, 0.2) is 0 Å². The number of piperazine rings is 1. The zero-order valence-electron chi connectivity index (χ0n) is 11.2. The minimum atomic E-state index is -0.783. The number of benzene rings is 1. The molecule has 0 spiro atoms. The van der Waals surface area contributed by atoms with E-state index in [-0.39, 0.29) is 31.4 Å². The summed E-state index contributed by atoms with van der Waals surface area (Å²) in [7, 11) is 0. The Morgan fingerprint density at radius 2 is 1.80 bits per heavy atom. The van der Waals surface area contributed by atoms with Crippen LogP contribution in [0.5, 0.6) is 0 Å². The van der Waals surface area contributed by atoms with Crippen LogP contribution in [-0.2, 0) is 16.0 Å². The van der Waals surface area contributed by atoms with E-state index in [0.29, 0.717) is 6.42 Å². The largest absolute Gasteiger partial charge is 0.390 e. The first kappa shape index (κ1) is 14.6. The van der Waals surface area contributed by atoms with E-state index in [9.17, 15) is 14.7 Å². The lowest BCUT2D eigenvalue weighted by molar-refractivity contribution is -0.136. The third kappa shape index (κ3) is 4.12. The Morgan fingerprint density at radius 3 is 2.40 bits per heavy atom. The van der Waals surface area contributed by atoms with Crippen LogP contribution in [0.1, 0.15) is 5.56 Å². The molecular weight excluding hydrogens is 258 g/mol. The second-order valence-corrected chi connectivity index (χ2v) is 5.06. The monoisotopic (exact) mass is 277 g/mol. The number of amides is 2. The first-order valence-electron chi connectivity index (χ1n) is 6.57. The van der Waals surface area contributed by atoms with Gasteiger partial charge < -0.3 is 10.8 Å². The summed E-state index contributed by atoms with van der Waals surface area (Å²) in [5.74, 6) is -0.685. The summed E-state index contributed by atoms with van der Waals surface area (Å²) in [6.07, 6.45) is -0.232. The van der Waals surface area contributed by atoms with Gasteiger partial charge in [-0.2, -0.15) is 0 Å². The maximum absolute atomic E-state index is 11.2. The van der Waals surface area contributed by atoms with E-state index in [0.717, 1.165) is 5.56 Å². The number of carbonyl (C=O) groups excluding carboxylic acids is 2. The molecule has 6 heteroatoms. The van der Waals surface area contributed by atoms with Crippen molar-refractivity contribution in [2.75, 3.05) is 19.6 Å². The highest BCUT2D eigenvalue weighted by molar-refractivity contribution is 5.99. The Morgan fingerprint density at radius 1 is 1.20 bits per heavy atom. The van der Waals surface area contributed by atoms with Gasteiger partial charge in [-0.05, 0) is 12.0 Å². The number of imide groups is 1. The number of rotatable bonds is 5. The van der Waals surface area contributed by atoms with Gasteiger partial charge >= 0.3 is 0 Å². The van der Waals surface area contributed by atoms with E-state index in [1.54, 1.807) is 4.90 Å². The van der Waals surface area contributed by atoms with Crippen LogP contribution in [-0.4, -0.2) is 53.6 Å². The van der Waals surface area contributed by atoms with E-state index >= 15 is 0 Å². The first-order valence-corrected chi connectivity index (χ1v) is 6.57. The molecular formula is C14H19N3O3. The van der Waals surface area contributed by atoms with Gasteiger partial charge in [0.2, 0.25) is 11.8 Å². The average Bonchev–Trinajstić information content (AvgIpc) is 2.38. The highest BCUT2D eigenvalue weighted by atomic mass is 16.3. The van der Waals surface area contributed by atoms with Crippen molar-refractivity contribution in [2.24, 2.45) is 5.73 Å². The maximum Gasteiger partial charge on any atom is 0.240 e. The lowest BCUT2D eigenvalue weighted by atomic mass is 10.0. The van der Waals surface area contributed by atoms with Crippen molar-refractivity contribution in [3.8, 4) is 0 Å². The Balaban J connectivity index is 1.86. The van der Waals surface area contributed by atoms with Crippen molar-refractivity contribution in [1.29, 1.82) is 0 Å². The zero-order valence-corrected chi connectivity index (χ0v) is 11.2. The molecule has 4 N–H and O–H groups in total. The third-order valence-electron chi connectivity index (χ3n) is 3.27. The van der Waals surface area contributed by atoms with Gasteiger partial charge in [0.05, 0.1) is 19.2 Å². The van der Waals surface area contributed by atoms with Crippen LogP contribution in [0.25, 0.3) is 0 Å². The lowest BCUT2D eigenvalue weighted by Gasteiger charge is -2.29. The SMILES string of the molecule is NC(Cc1ccccc1)C(O)CN1CC(=O)NC(=O)C1. The molecule has 20 heavy (non-hydrogen) atoms. The number of nitrogens with zero attached hydrogens (tertiary/aromatic N) is 1. The molecule has 2 atom stereocenters. The number of carbonyl (C=O) groups is 2. The zero-order chi connectivity index (χ0) is 14.5. The number of aliphatic hydroxyl groups is 1. The number of hydrogen-bond acceptors (Lipinski definition) is 5. The van der Waals surface area contributed by atoms with E-state index in [1.165, 1.54) is 0 Å². The molecule has 0 radical (unpaired) electrons. The fraction of sp³-hybridized carbons (Fsp3) is 0.429. The second-order valence-electron chi connectivity index (χ2n) is 5.06. The number of nitrogens with two attached hydrogens (primary N) is 1. The normalized spacial score (nSPS) is 19.5. The molecule has 1 aromatic carbocycles. The van der Waals surface area contributed by atoms with Crippen LogP contribution in [0, 0.1) is 0 Å². The predicted molar refractivity (Wildman–Crippen MR) is 73.7 cm³/mol. The Kier molecular flexibility index (Phi) is 4.84. The molecule has 2 unspecified atom stereocenters. The van der Waals surface area contributed by atoms with Crippen molar-refractivity contribution >= 4 is 11.8 Å². The van der Waals surface area contributed by atoms with Gasteiger partial charge in [0, 0.05) is 12.6 Å². The number of nitrogens with one attached hydrogen (secondary N) is 1. The van der Waals surface area contributed by atoms with Crippen molar-refractivity contribution in [3.63, 3.8) is 0 Å². The van der Waals surface area contributed by atoms with Crippen molar-refractivity contribution in [2.45, 2.75) is 18.6 Å². The molecule has 0 aliphatic carbocycles. The van der Waals surface area contributed by atoms with Crippen molar-refractivity contribution in [3.05, 3.63) is 35.9 Å². The minimum Gasteiger partial charge on any atom is -0.390 e. The van der Waals surface area contributed by atoms with Crippen LogP contribution in [0.15, 0.2) is 30.3 Å². The van der Waals surface area contributed by atoms with E-state index < -0.39 is 12.1 Å². The minimum absolute atomic E-state index is 0.112. The number of β-amino-alcohol motifs (C(OH)–C–C–N with tert-alkyl or cyclic N) is 1. The van der Waals surface area contributed by atoms with Crippen LogP contribution >= 0.6 is 0 Å². The molecule has 108 valence electrons. The highest BCUT2D eigenvalue weighted by Gasteiger charge is 2.26. The molecule has 0 bridgehead atoms. The van der Waals surface area contributed by atoms with Gasteiger partial charge in [0.25, 0.3) is 0 Å². The molecule has 0 saturated carbocycles. The molecule has 1 heterocycles. The number of hydrogen-bond donors (Lipinski definition) is 3. The molecule has 2 amide bonds. The van der Waals surface area contributed by atoms with Crippen LogP contribution < -0.4 is 11.1 Å². The lowest BCUT2D eigenvalue weighted by Crippen LogP contribution is -2.55. The highest BCUT2D eigenvalue weighted by Crippen LogP contribution is 2.06. The Labute approximate surface area is 117 Å². The standard InChI is InChI=1S/C14H19N3O3/c15-11(6-10-4-2-1-3-5-10)12(18)7-17-8-13(19)16-14(20)9-17/h1-5,11-12,18H,6-9,15H2,(H,16,19,20). The fourth-order valence-electron chi connectivity index (χ4n) is 2.25. The van der Waals surface area contributed by atoms with Gasteiger partial charge in [-0.15, -0.1) is 0 Å². The third-order valence-corrected chi connectivity index (χ3v) is 3.27. The first-order chi connectivity index (χ1) is 9.54. The molecule has 1 aliphatic heterocycles. The predicted octanol–water partition coefficient (Wildman–Crippen LogP) is -1.12. The molecule has 6 nitrogen and oxygen atoms in total. The van der Waals surface area contributed by atoms with Crippen LogP contribution in [0.2, 0.25) is 0 Å². The average molecular weight is 277 g/mol. The number of aliphatic hydroxyl groups excluding tert-OH is 1. The Bertz CT molecular complexity index is 462. The van der Waals surface area contributed by atoms with E-state index in [4.69, 9.17) is 5.73 Å². The van der Waals surface area contributed by atoms with Crippen molar-refractivity contribution < 1.29 is 14.7 Å². The molecule has 1 aliphatic rings. The summed E-state index contributed by atoms with van der Waals surface area (Å²) in [6.45, 7) is 0.439. The summed E-state index contributed by atoms with van der Waals surface area (Å²) in [6, 6.07) is 9.22. The Hall–Kier alpha value is -1.76. The van der Waals surface area contributed by atoms with Gasteiger partial charge in [0.1, 0.15) is 0 Å². The molecule has 2 rings (SSSR count). The summed E-state index contributed by atoms with van der Waals surface area (Å²) in [5, 5.41) is 12.3. The second kappa shape index (κ2) is 6.60. The maximum atomic E-state index is 11.2. The van der Waals surface area contributed by atoms with Gasteiger partial charge in [-0.25, -0.2) is 0 Å².